The van der Waals surface area contributed by atoms with Gasteiger partial charge in [0, 0.05) is 19.1 Å². The van der Waals surface area contributed by atoms with Gasteiger partial charge in [-0.2, -0.15) is 13.2 Å². The van der Waals surface area contributed by atoms with Gasteiger partial charge in [0.25, 0.3) is 0 Å². The van der Waals surface area contributed by atoms with Crippen LogP contribution in [-0.4, -0.2) is 25.0 Å². The molecule has 1 aromatic rings. The van der Waals surface area contributed by atoms with Gasteiger partial charge >= 0.3 is 6.18 Å². The third-order valence-electron chi connectivity index (χ3n) is 3.16. The van der Waals surface area contributed by atoms with Crippen molar-refractivity contribution >= 4 is 0 Å². The Kier molecular flexibility index (Phi) is 5.39. The SMILES string of the molecule is CN(CC(C)(C)C)C(CN)c1ccc(F)c(C(F)(F)F)c1. The minimum Gasteiger partial charge on any atom is -0.329 e. The van der Waals surface area contributed by atoms with Crippen molar-refractivity contribution < 1.29 is 17.6 Å². The molecule has 0 amide bonds. The molecule has 1 aromatic carbocycles. The number of benzene rings is 1. The van der Waals surface area contributed by atoms with Gasteiger partial charge in [-0.1, -0.05) is 26.8 Å². The van der Waals surface area contributed by atoms with E-state index in [0.717, 1.165) is 12.1 Å². The van der Waals surface area contributed by atoms with Crippen molar-refractivity contribution in [1.29, 1.82) is 0 Å². The van der Waals surface area contributed by atoms with Crippen LogP contribution in [0.1, 0.15) is 37.9 Å². The van der Waals surface area contributed by atoms with Crippen LogP contribution in [0.3, 0.4) is 0 Å². The fraction of sp³-hybridized carbons (Fsp3) is 0.600. The number of hydrogen-bond acceptors (Lipinski definition) is 2. The van der Waals surface area contributed by atoms with Crippen molar-refractivity contribution in [2.75, 3.05) is 20.1 Å². The van der Waals surface area contributed by atoms with Gasteiger partial charge in [-0.15, -0.1) is 0 Å². The number of likely N-dealkylation sites (N-methyl/N-ethyl adjacent to an activating group) is 1. The standard InChI is InChI=1S/C15H22F4N2/c1-14(2,3)9-21(4)13(8-20)10-5-6-12(16)11(7-10)15(17,18)19/h5-7,13H,8-9,20H2,1-4H3. The Morgan fingerprint density at radius 3 is 2.19 bits per heavy atom. The molecule has 2 nitrogen and oxygen atoms in total. The zero-order valence-electron chi connectivity index (χ0n) is 12.8. The van der Waals surface area contributed by atoms with Gasteiger partial charge < -0.3 is 5.73 Å². The summed E-state index contributed by atoms with van der Waals surface area (Å²) in [6, 6.07) is 2.69. The molecule has 0 aliphatic rings. The van der Waals surface area contributed by atoms with Crippen LogP contribution in [0.5, 0.6) is 0 Å². The molecule has 2 N–H and O–H groups in total. The molecule has 0 bridgehead atoms. The zero-order valence-corrected chi connectivity index (χ0v) is 12.8. The van der Waals surface area contributed by atoms with Crippen molar-refractivity contribution in [3.8, 4) is 0 Å². The van der Waals surface area contributed by atoms with Crippen molar-refractivity contribution in [2.45, 2.75) is 33.0 Å². The number of halogens is 4. The second-order valence-corrected chi connectivity index (χ2v) is 6.46. The molecule has 0 aromatic heterocycles. The van der Waals surface area contributed by atoms with E-state index in [0.29, 0.717) is 12.1 Å². The second-order valence-electron chi connectivity index (χ2n) is 6.46. The minimum atomic E-state index is -4.71. The van der Waals surface area contributed by atoms with Crippen LogP contribution in [0, 0.1) is 11.2 Å². The van der Waals surface area contributed by atoms with Crippen molar-refractivity contribution in [3.05, 3.63) is 35.1 Å². The Balaban J connectivity index is 3.12. The molecule has 0 saturated heterocycles. The molecule has 120 valence electrons. The van der Waals surface area contributed by atoms with E-state index in [4.69, 9.17) is 5.73 Å². The molecule has 0 saturated carbocycles. The molecule has 0 fully saturated rings. The van der Waals surface area contributed by atoms with Crippen LogP contribution < -0.4 is 5.73 Å². The number of nitrogens with two attached hydrogens (primary N) is 1. The highest BCUT2D eigenvalue weighted by Crippen LogP contribution is 2.34. The van der Waals surface area contributed by atoms with Gasteiger partial charge in [0.2, 0.25) is 0 Å². The summed E-state index contributed by atoms with van der Waals surface area (Å²) in [7, 11) is 1.80. The maximum atomic E-state index is 13.3. The molecule has 1 atom stereocenters. The molecule has 0 heterocycles. The lowest BCUT2D eigenvalue weighted by molar-refractivity contribution is -0.140. The third kappa shape index (κ3) is 4.97. The van der Waals surface area contributed by atoms with Crippen molar-refractivity contribution in [1.82, 2.24) is 4.90 Å². The number of alkyl halides is 3. The van der Waals surface area contributed by atoms with E-state index >= 15 is 0 Å². The topological polar surface area (TPSA) is 29.3 Å². The summed E-state index contributed by atoms with van der Waals surface area (Å²) in [6.07, 6.45) is -4.71. The van der Waals surface area contributed by atoms with E-state index in [2.05, 4.69) is 0 Å². The highest BCUT2D eigenvalue weighted by molar-refractivity contribution is 5.29. The van der Waals surface area contributed by atoms with Crippen molar-refractivity contribution in [2.24, 2.45) is 11.1 Å². The molecule has 6 heteroatoms. The monoisotopic (exact) mass is 306 g/mol. The van der Waals surface area contributed by atoms with Gasteiger partial charge in [-0.05, 0) is 30.2 Å². The molecular weight excluding hydrogens is 284 g/mol. The predicted molar refractivity (Wildman–Crippen MR) is 75.3 cm³/mol. The maximum Gasteiger partial charge on any atom is 0.419 e. The van der Waals surface area contributed by atoms with E-state index in [-0.39, 0.29) is 18.0 Å². The smallest absolute Gasteiger partial charge is 0.329 e. The first-order chi connectivity index (χ1) is 9.45. The Hall–Kier alpha value is -1.14. The molecule has 21 heavy (non-hydrogen) atoms. The summed E-state index contributed by atoms with van der Waals surface area (Å²) in [5.74, 6) is -1.26. The van der Waals surface area contributed by atoms with Crippen molar-refractivity contribution in [3.63, 3.8) is 0 Å². The first kappa shape index (κ1) is 17.9. The van der Waals surface area contributed by atoms with E-state index in [1.807, 2.05) is 25.7 Å². The van der Waals surface area contributed by atoms with Gasteiger partial charge in [-0.3, -0.25) is 4.90 Å². The van der Waals surface area contributed by atoms with Gasteiger partial charge in [0.05, 0.1) is 5.56 Å². The largest absolute Gasteiger partial charge is 0.419 e. The predicted octanol–water partition coefficient (Wildman–Crippen LogP) is 3.82. The number of nitrogens with zero attached hydrogens (tertiary/aromatic N) is 1. The third-order valence-corrected chi connectivity index (χ3v) is 3.16. The van der Waals surface area contributed by atoms with E-state index in [9.17, 15) is 17.6 Å². The van der Waals surface area contributed by atoms with E-state index in [1.165, 1.54) is 6.07 Å². The van der Waals surface area contributed by atoms with Gasteiger partial charge in [0.15, 0.2) is 0 Å². The molecule has 0 aliphatic carbocycles. The lowest BCUT2D eigenvalue weighted by Crippen LogP contribution is -2.36. The fourth-order valence-electron chi connectivity index (χ4n) is 2.40. The average molecular weight is 306 g/mol. The highest BCUT2D eigenvalue weighted by Gasteiger charge is 2.35. The normalized spacial score (nSPS) is 14.6. The number of rotatable bonds is 4. The summed E-state index contributed by atoms with van der Waals surface area (Å²) in [6.45, 7) is 6.91. The molecular formula is C15H22F4N2. The quantitative estimate of drug-likeness (QED) is 0.857. The molecule has 0 radical (unpaired) electrons. The van der Waals surface area contributed by atoms with Crippen LogP contribution in [0.2, 0.25) is 0 Å². The summed E-state index contributed by atoms with van der Waals surface area (Å²) in [5, 5.41) is 0. The average Bonchev–Trinajstić information content (AvgIpc) is 2.28. The zero-order chi connectivity index (χ0) is 16.4. The van der Waals surface area contributed by atoms with E-state index < -0.39 is 17.6 Å². The first-order valence-corrected chi connectivity index (χ1v) is 6.72. The van der Waals surface area contributed by atoms with Crippen LogP contribution in [0.4, 0.5) is 17.6 Å². The van der Waals surface area contributed by atoms with Crippen LogP contribution in [-0.2, 0) is 6.18 Å². The lowest BCUT2D eigenvalue weighted by atomic mass is 9.94. The lowest BCUT2D eigenvalue weighted by Gasteiger charge is -2.33. The highest BCUT2D eigenvalue weighted by atomic mass is 19.4. The Morgan fingerprint density at radius 1 is 1.19 bits per heavy atom. The van der Waals surface area contributed by atoms with Crippen LogP contribution >= 0.6 is 0 Å². The van der Waals surface area contributed by atoms with Crippen LogP contribution in [0.25, 0.3) is 0 Å². The summed E-state index contributed by atoms with van der Waals surface area (Å²) in [5.41, 5.74) is 4.81. The molecule has 1 rings (SSSR count). The summed E-state index contributed by atoms with van der Waals surface area (Å²) >= 11 is 0. The summed E-state index contributed by atoms with van der Waals surface area (Å²) < 4.78 is 51.7. The molecule has 0 spiro atoms. The first-order valence-electron chi connectivity index (χ1n) is 6.72. The molecule has 1 unspecified atom stereocenters. The Labute approximate surface area is 122 Å². The second kappa shape index (κ2) is 6.32. The maximum absolute atomic E-state index is 13.3. The Bertz CT molecular complexity index is 478. The fourth-order valence-corrected chi connectivity index (χ4v) is 2.40. The van der Waals surface area contributed by atoms with E-state index in [1.54, 1.807) is 7.05 Å². The minimum absolute atomic E-state index is 0.0188. The number of hydrogen-bond donors (Lipinski definition) is 1. The summed E-state index contributed by atoms with van der Waals surface area (Å²) in [4.78, 5) is 1.90. The molecule has 0 aliphatic heterocycles. The van der Waals surface area contributed by atoms with Crippen LogP contribution in [0.15, 0.2) is 18.2 Å². The Morgan fingerprint density at radius 2 is 1.76 bits per heavy atom. The van der Waals surface area contributed by atoms with Gasteiger partial charge in [-0.25, -0.2) is 4.39 Å². The van der Waals surface area contributed by atoms with Gasteiger partial charge in [0.1, 0.15) is 5.82 Å².